The first-order valence-corrected chi connectivity index (χ1v) is 12.2. The molecule has 11 heteroatoms. The summed E-state index contributed by atoms with van der Waals surface area (Å²) in [5.41, 5.74) is 0.533. The second kappa shape index (κ2) is 8.71. The zero-order valence-corrected chi connectivity index (χ0v) is 20.5. The largest absolute Gasteiger partial charge is 0.507 e. The Hall–Kier alpha value is -3.34. The number of Topliss-reactive ketones (excluding diaryl/α,β-unsaturated/α-hetero) is 1. The van der Waals surface area contributed by atoms with Crippen LogP contribution in [0.1, 0.15) is 22.0 Å². The first-order valence-electron chi connectivity index (χ1n) is 10.2. The molecule has 4 aromatic rings. The van der Waals surface area contributed by atoms with Crippen LogP contribution in [-0.2, 0) is 9.59 Å². The Labute approximate surface area is 210 Å². The van der Waals surface area contributed by atoms with Crippen LogP contribution in [0.2, 0.25) is 5.02 Å². The third-order valence-electron chi connectivity index (χ3n) is 5.51. The highest BCUT2D eigenvalue weighted by atomic mass is 35.5. The fraction of sp³-hybridized carbons (Fsp3) is 0.125. The van der Waals surface area contributed by atoms with Crippen LogP contribution in [0.15, 0.2) is 47.4 Å². The van der Waals surface area contributed by atoms with E-state index in [2.05, 4.69) is 4.98 Å². The number of nitrogens with zero attached hydrogens (tertiary/aromatic N) is 2. The van der Waals surface area contributed by atoms with Gasteiger partial charge < -0.3 is 9.84 Å². The minimum absolute atomic E-state index is 0.00158. The molecule has 0 aliphatic carbocycles. The second-order valence-corrected chi connectivity index (χ2v) is 10.1. The summed E-state index contributed by atoms with van der Waals surface area (Å²) in [5, 5.41) is 13.3. The van der Waals surface area contributed by atoms with Gasteiger partial charge in [-0.3, -0.25) is 14.5 Å². The fourth-order valence-electron chi connectivity index (χ4n) is 4.05. The molecule has 0 bridgehead atoms. The lowest BCUT2D eigenvalue weighted by molar-refractivity contribution is -0.132. The van der Waals surface area contributed by atoms with Gasteiger partial charge in [0.15, 0.2) is 10.9 Å². The number of rotatable bonds is 4. The van der Waals surface area contributed by atoms with Gasteiger partial charge in [0, 0.05) is 10.9 Å². The number of aliphatic hydroxyl groups excluding tert-OH is 1. The molecule has 2 aromatic carbocycles. The number of hydrogen-bond acceptors (Lipinski definition) is 7. The molecule has 2 aromatic heterocycles. The second-order valence-electron chi connectivity index (χ2n) is 7.74. The van der Waals surface area contributed by atoms with Crippen molar-refractivity contribution >= 4 is 67.1 Å². The SMILES string of the molecule is COc1c(Cl)cc(C)cc1/C(O)=C1\C(=O)C(=O)N(c2nc3c(F)cc(F)cc3s2)C1c1cccs1. The Morgan fingerprint density at radius 1 is 1.23 bits per heavy atom. The number of aliphatic hydroxyl groups is 1. The molecule has 178 valence electrons. The number of hydrogen-bond donors (Lipinski definition) is 1. The van der Waals surface area contributed by atoms with Gasteiger partial charge in [-0.15, -0.1) is 11.3 Å². The Morgan fingerprint density at radius 3 is 2.69 bits per heavy atom. The van der Waals surface area contributed by atoms with Crippen molar-refractivity contribution in [2.45, 2.75) is 13.0 Å². The van der Waals surface area contributed by atoms with E-state index in [4.69, 9.17) is 16.3 Å². The fourth-order valence-corrected chi connectivity index (χ4v) is 6.26. The molecule has 1 N–H and O–H groups in total. The highest BCUT2D eigenvalue weighted by Crippen LogP contribution is 2.47. The number of aromatic nitrogens is 1. The molecule has 5 rings (SSSR count). The van der Waals surface area contributed by atoms with Crippen LogP contribution in [0.5, 0.6) is 5.75 Å². The highest BCUT2D eigenvalue weighted by molar-refractivity contribution is 7.22. The maximum Gasteiger partial charge on any atom is 0.301 e. The first kappa shape index (κ1) is 23.4. The number of methoxy groups -OCH3 is 1. The van der Waals surface area contributed by atoms with E-state index in [9.17, 15) is 23.5 Å². The predicted molar refractivity (Wildman–Crippen MR) is 131 cm³/mol. The minimum atomic E-state index is -1.05. The van der Waals surface area contributed by atoms with E-state index in [0.717, 1.165) is 22.3 Å². The molecular formula is C24H15ClF2N2O4S2. The van der Waals surface area contributed by atoms with Gasteiger partial charge in [-0.05, 0) is 42.1 Å². The van der Waals surface area contributed by atoms with Gasteiger partial charge in [0.2, 0.25) is 0 Å². The van der Waals surface area contributed by atoms with Crippen molar-refractivity contribution in [2.75, 3.05) is 12.0 Å². The summed E-state index contributed by atoms with van der Waals surface area (Å²) in [6.07, 6.45) is 0. The summed E-state index contributed by atoms with van der Waals surface area (Å²) < 4.78 is 33.6. The number of anilines is 1. The standard InChI is InChI=1S/C24H15ClF2N2O4S2/c1-10-6-12(22(33-2)13(25)7-10)20(30)17-19(15-4-3-5-34-15)29(23(32)21(17)31)24-28-18-14(27)8-11(26)9-16(18)35-24/h3-9,19,30H,1-2H3/b20-17+. The van der Waals surface area contributed by atoms with Crippen molar-refractivity contribution in [2.24, 2.45) is 0 Å². The monoisotopic (exact) mass is 532 g/mol. The molecule has 0 saturated carbocycles. The molecule has 1 amide bonds. The van der Waals surface area contributed by atoms with Gasteiger partial charge >= 0.3 is 5.91 Å². The summed E-state index contributed by atoms with van der Waals surface area (Å²) in [4.78, 5) is 32.4. The van der Waals surface area contributed by atoms with Crippen LogP contribution >= 0.6 is 34.3 Å². The van der Waals surface area contributed by atoms with Crippen molar-refractivity contribution in [3.05, 3.63) is 80.0 Å². The van der Waals surface area contributed by atoms with Crippen LogP contribution in [0.3, 0.4) is 0 Å². The maximum atomic E-state index is 14.3. The maximum absolute atomic E-state index is 14.3. The number of carbonyl (C=O) groups is 2. The molecule has 1 aliphatic heterocycles. The van der Waals surface area contributed by atoms with E-state index >= 15 is 0 Å². The van der Waals surface area contributed by atoms with E-state index in [1.54, 1.807) is 36.6 Å². The Bertz CT molecular complexity index is 1550. The zero-order valence-electron chi connectivity index (χ0n) is 18.1. The Morgan fingerprint density at radius 2 is 2.00 bits per heavy atom. The number of thiophene rings is 1. The number of thiazole rings is 1. The van der Waals surface area contributed by atoms with E-state index in [1.807, 2.05) is 0 Å². The van der Waals surface area contributed by atoms with Crippen LogP contribution in [0.25, 0.3) is 16.0 Å². The molecule has 0 radical (unpaired) electrons. The molecule has 6 nitrogen and oxygen atoms in total. The Balaban J connectivity index is 1.76. The van der Waals surface area contributed by atoms with Crippen LogP contribution in [0.4, 0.5) is 13.9 Å². The number of ketones is 1. The van der Waals surface area contributed by atoms with Crippen molar-refractivity contribution in [1.82, 2.24) is 4.98 Å². The van der Waals surface area contributed by atoms with Gasteiger partial charge in [0.25, 0.3) is 5.78 Å². The Kier molecular flexibility index (Phi) is 5.82. The lowest BCUT2D eigenvalue weighted by Gasteiger charge is -2.21. The average molecular weight is 533 g/mol. The number of benzene rings is 2. The first-order chi connectivity index (χ1) is 16.7. The number of carbonyl (C=O) groups excluding carboxylic acids is 2. The third-order valence-corrected chi connectivity index (χ3v) is 7.72. The third kappa shape index (κ3) is 3.78. The molecule has 1 fully saturated rings. The van der Waals surface area contributed by atoms with Crippen molar-refractivity contribution in [3.8, 4) is 5.75 Å². The number of amides is 1. The van der Waals surface area contributed by atoms with Gasteiger partial charge in [0.05, 0.1) is 28.0 Å². The van der Waals surface area contributed by atoms with Crippen LogP contribution < -0.4 is 9.64 Å². The summed E-state index contributed by atoms with van der Waals surface area (Å²) >= 11 is 8.42. The molecule has 35 heavy (non-hydrogen) atoms. The minimum Gasteiger partial charge on any atom is -0.507 e. The molecule has 3 heterocycles. The number of fused-ring (bicyclic) bond motifs is 1. The van der Waals surface area contributed by atoms with Gasteiger partial charge in [-0.25, -0.2) is 13.8 Å². The lowest BCUT2D eigenvalue weighted by Crippen LogP contribution is -2.28. The van der Waals surface area contributed by atoms with E-state index < -0.39 is 35.1 Å². The van der Waals surface area contributed by atoms with Gasteiger partial charge in [-0.1, -0.05) is 29.0 Å². The van der Waals surface area contributed by atoms with Gasteiger partial charge in [-0.2, -0.15) is 0 Å². The molecular weight excluding hydrogens is 518 g/mol. The molecule has 0 spiro atoms. The summed E-state index contributed by atoms with van der Waals surface area (Å²) in [6, 6.07) is 7.43. The van der Waals surface area contributed by atoms with E-state index in [0.29, 0.717) is 16.5 Å². The van der Waals surface area contributed by atoms with Crippen LogP contribution in [0, 0.1) is 18.6 Å². The highest BCUT2D eigenvalue weighted by Gasteiger charge is 2.49. The normalized spacial score (nSPS) is 17.5. The van der Waals surface area contributed by atoms with Crippen molar-refractivity contribution < 1.29 is 28.2 Å². The zero-order chi connectivity index (χ0) is 25.0. The molecule has 1 aliphatic rings. The van der Waals surface area contributed by atoms with Crippen LogP contribution in [-0.4, -0.2) is 28.9 Å². The lowest BCUT2D eigenvalue weighted by atomic mass is 9.98. The van der Waals surface area contributed by atoms with E-state index in [1.165, 1.54) is 18.4 Å². The summed E-state index contributed by atoms with van der Waals surface area (Å²) in [5.74, 6) is -3.90. The number of ether oxygens (including phenoxy) is 1. The topological polar surface area (TPSA) is 79.7 Å². The summed E-state index contributed by atoms with van der Waals surface area (Å²) in [7, 11) is 1.37. The quantitative estimate of drug-likeness (QED) is 0.191. The summed E-state index contributed by atoms with van der Waals surface area (Å²) in [6.45, 7) is 1.76. The number of halogens is 3. The molecule has 1 atom stereocenters. The van der Waals surface area contributed by atoms with E-state index in [-0.39, 0.29) is 37.3 Å². The smallest absolute Gasteiger partial charge is 0.301 e. The molecule has 1 unspecified atom stereocenters. The van der Waals surface area contributed by atoms with Crippen molar-refractivity contribution in [3.63, 3.8) is 0 Å². The van der Waals surface area contributed by atoms with Crippen molar-refractivity contribution in [1.29, 1.82) is 0 Å². The predicted octanol–water partition coefficient (Wildman–Crippen LogP) is 6.23. The number of aryl methyl sites for hydroxylation is 1. The molecule has 1 saturated heterocycles. The average Bonchev–Trinajstić information content (AvgIpc) is 3.52. The van der Waals surface area contributed by atoms with Gasteiger partial charge in [0.1, 0.15) is 28.9 Å².